The molecule has 3 aromatic rings. The van der Waals surface area contributed by atoms with Gasteiger partial charge in [0.1, 0.15) is 12.0 Å². The van der Waals surface area contributed by atoms with Gasteiger partial charge in [-0.05, 0) is 30.7 Å². The van der Waals surface area contributed by atoms with Crippen molar-refractivity contribution >= 4 is 54.5 Å². The number of phosphoric acid groups is 1. The molecule has 1 aromatic heterocycles. The predicted octanol–water partition coefficient (Wildman–Crippen LogP) is 4.58. The lowest BCUT2D eigenvalue weighted by Crippen LogP contribution is -2.09. The van der Waals surface area contributed by atoms with Crippen molar-refractivity contribution in [2.75, 3.05) is 13.0 Å². The molecule has 0 unspecified atom stereocenters. The summed E-state index contributed by atoms with van der Waals surface area (Å²) in [6.45, 7) is 0. The van der Waals surface area contributed by atoms with E-state index in [1.807, 2.05) is 12.1 Å². The van der Waals surface area contributed by atoms with Gasteiger partial charge >= 0.3 is 13.8 Å². The molecule has 0 bridgehead atoms. The molecule has 2 aromatic carbocycles. The number of carbonyl (C=O) groups is 1. The highest BCUT2D eigenvalue weighted by Crippen LogP contribution is 2.40. The summed E-state index contributed by atoms with van der Waals surface area (Å²) in [6, 6.07) is 11.8. The van der Waals surface area contributed by atoms with Crippen molar-refractivity contribution in [3.05, 3.63) is 69.5 Å². The normalized spacial score (nSPS) is 15.1. The van der Waals surface area contributed by atoms with Crippen molar-refractivity contribution in [1.29, 1.82) is 0 Å². The number of aromatic nitrogens is 3. The Bertz CT molecular complexity index is 1350. The van der Waals surface area contributed by atoms with Gasteiger partial charge in [-0.1, -0.05) is 53.2 Å². The van der Waals surface area contributed by atoms with Crippen molar-refractivity contribution < 1.29 is 28.4 Å². The minimum Gasteiger partial charge on any atom is -0.469 e. The van der Waals surface area contributed by atoms with Crippen LogP contribution in [0, 0.1) is 0 Å². The highest BCUT2D eigenvalue weighted by molar-refractivity contribution is 7.99. The third-order valence-electron chi connectivity index (χ3n) is 5.08. The van der Waals surface area contributed by atoms with Crippen LogP contribution in [0.1, 0.15) is 35.8 Å². The fourth-order valence-electron chi connectivity index (χ4n) is 3.56. The molecule has 1 atom stereocenters. The molecule has 0 saturated carbocycles. The van der Waals surface area contributed by atoms with Crippen LogP contribution in [0.3, 0.4) is 0 Å². The van der Waals surface area contributed by atoms with Gasteiger partial charge in [-0.25, -0.2) is 4.57 Å². The number of benzene rings is 2. The summed E-state index contributed by atoms with van der Waals surface area (Å²) in [4.78, 5) is 34.9. The van der Waals surface area contributed by atoms with Gasteiger partial charge < -0.3 is 14.5 Å². The van der Waals surface area contributed by atoms with E-state index in [9.17, 15) is 9.36 Å². The Morgan fingerprint density at radius 3 is 2.66 bits per heavy atom. The zero-order chi connectivity index (χ0) is 25.2. The molecule has 1 aliphatic rings. The minimum atomic E-state index is -4.67. The first-order chi connectivity index (χ1) is 16.7. The first-order valence-electron chi connectivity index (χ1n) is 10.2. The van der Waals surface area contributed by atoms with Gasteiger partial charge in [-0.2, -0.15) is 0 Å². The first-order valence-corrected chi connectivity index (χ1v) is 13.4. The van der Waals surface area contributed by atoms with Crippen LogP contribution in [-0.4, -0.2) is 49.3 Å². The van der Waals surface area contributed by atoms with Crippen LogP contribution in [0.25, 0.3) is 5.69 Å². The number of esters is 1. The van der Waals surface area contributed by atoms with E-state index < -0.39 is 19.8 Å². The maximum Gasteiger partial charge on any atom is 0.470 e. The molecule has 184 valence electrons. The van der Waals surface area contributed by atoms with Crippen LogP contribution in [0.15, 0.2) is 52.6 Å². The molecule has 2 N–H and O–H groups in total. The molecule has 35 heavy (non-hydrogen) atoms. The number of halogens is 2. The summed E-state index contributed by atoms with van der Waals surface area (Å²) < 4.78 is 22.2. The molecule has 0 amide bonds. The molecule has 0 spiro atoms. The molecule has 2 heterocycles. The molecule has 0 aliphatic carbocycles. The van der Waals surface area contributed by atoms with Crippen molar-refractivity contribution in [2.45, 2.75) is 24.0 Å². The number of aliphatic imine (C=N–C) groups is 1. The average molecular weight is 557 g/mol. The summed E-state index contributed by atoms with van der Waals surface area (Å²) >= 11 is 13.8. The average Bonchev–Trinajstić information content (AvgIpc) is 3.16. The van der Waals surface area contributed by atoms with E-state index >= 15 is 0 Å². The molecular formula is C21H19Cl2N4O6PS. The first kappa shape index (κ1) is 25.8. The quantitative estimate of drug-likeness (QED) is 0.177. The monoisotopic (exact) mass is 556 g/mol. The second kappa shape index (κ2) is 10.8. The number of rotatable bonds is 8. The third kappa shape index (κ3) is 5.95. The molecule has 0 fully saturated rings. The van der Waals surface area contributed by atoms with E-state index in [-0.39, 0.29) is 18.8 Å². The molecule has 10 nitrogen and oxygen atoms in total. The van der Waals surface area contributed by atoms with Crippen molar-refractivity contribution in [3.8, 4) is 5.69 Å². The van der Waals surface area contributed by atoms with E-state index in [0.29, 0.717) is 43.6 Å². The van der Waals surface area contributed by atoms with Crippen LogP contribution in [0.5, 0.6) is 0 Å². The second-order valence-corrected chi connectivity index (χ2v) is 10.3. The zero-order valence-corrected chi connectivity index (χ0v) is 21.4. The lowest BCUT2D eigenvalue weighted by molar-refractivity contribution is -0.140. The van der Waals surface area contributed by atoms with Crippen LogP contribution < -0.4 is 0 Å². The third-order valence-corrected chi connectivity index (χ3v) is 7.05. The summed E-state index contributed by atoms with van der Waals surface area (Å²) in [5.41, 5.74) is 2.49. The Labute approximate surface area is 214 Å². The van der Waals surface area contributed by atoms with Crippen molar-refractivity contribution in [2.24, 2.45) is 4.99 Å². The Morgan fingerprint density at radius 1 is 1.17 bits per heavy atom. The maximum absolute atomic E-state index is 11.9. The van der Waals surface area contributed by atoms with Crippen LogP contribution >= 0.6 is 42.8 Å². The van der Waals surface area contributed by atoms with E-state index in [4.69, 9.17) is 42.7 Å². The highest BCUT2D eigenvalue weighted by Gasteiger charge is 2.30. The number of ether oxygens (including phenoxy) is 1. The number of phosphoric ester groups is 1. The van der Waals surface area contributed by atoms with Gasteiger partial charge in [-0.3, -0.25) is 18.9 Å². The van der Waals surface area contributed by atoms with E-state index in [2.05, 4.69) is 14.7 Å². The van der Waals surface area contributed by atoms with Crippen molar-refractivity contribution in [3.63, 3.8) is 0 Å². The Morgan fingerprint density at radius 2 is 1.94 bits per heavy atom. The van der Waals surface area contributed by atoms with Gasteiger partial charge in [0.25, 0.3) is 0 Å². The summed E-state index contributed by atoms with van der Waals surface area (Å²) in [5, 5.41) is 9.75. The van der Waals surface area contributed by atoms with Crippen molar-refractivity contribution in [1.82, 2.24) is 14.8 Å². The number of thioether (sulfide) groups is 1. The highest BCUT2D eigenvalue weighted by atomic mass is 35.5. The SMILES string of the molecule is COC(=O)CC[C@@H]1N=C(c2ccccc2Cl)c2cc(Cl)ccc2-n2c(SCOP(=O)(O)O)nnc21. The number of carbonyl (C=O) groups excluding carboxylic acids is 1. The Kier molecular flexibility index (Phi) is 7.97. The topological polar surface area (TPSA) is 136 Å². The molecule has 4 rings (SSSR count). The largest absolute Gasteiger partial charge is 0.470 e. The van der Waals surface area contributed by atoms with Gasteiger partial charge in [-0.15, -0.1) is 10.2 Å². The van der Waals surface area contributed by atoms with E-state index in [1.54, 1.807) is 34.9 Å². The summed E-state index contributed by atoms with van der Waals surface area (Å²) in [5.74, 6) is -0.339. The zero-order valence-electron chi connectivity index (χ0n) is 18.2. The van der Waals surface area contributed by atoms with E-state index in [0.717, 1.165) is 11.8 Å². The van der Waals surface area contributed by atoms with E-state index in [1.165, 1.54) is 7.11 Å². The van der Waals surface area contributed by atoms with Gasteiger partial charge in [0, 0.05) is 27.6 Å². The Hall–Kier alpha value is -2.24. The second-order valence-electron chi connectivity index (χ2n) is 7.31. The molecule has 14 heteroatoms. The predicted molar refractivity (Wildman–Crippen MR) is 131 cm³/mol. The molecule has 0 saturated heterocycles. The summed E-state index contributed by atoms with van der Waals surface area (Å²) in [7, 11) is -3.36. The number of nitrogens with zero attached hydrogens (tertiary/aromatic N) is 4. The summed E-state index contributed by atoms with van der Waals surface area (Å²) in [6.07, 6.45) is 0.346. The lowest BCUT2D eigenvalue weighted by atomic mass is 10.00. The Balaban J connectivity index is 1.88. The standard InChI is InChI=1S/C21H19Cl2N4O6PS/c1-32-18(28)9-7-16-20-25-26-21(35-11-33-34(29,30)31)27(20)17-8-6-12(22)10-14(17)19(24-16)13-4-2-3-5-15(13)23/h2-6,8,10,16H,7,9,11H2,1H3,(H2,29,30,31)/t16-/m0/s1. The van der Waals surface area contributed by atoms with Crippen LogP contribution in [0.2, 0.25) is 10.0 Å². The fraction of sp³-hybridized carbons (Fsp3) is 0.238. The molecule has 0 radical (unpaired) electrons. The fourth-order valence-corrected chi connectivity index (χ4v) is 5.24. The molecular weight excluding hydrogens is 538 g/mol. The lowest BCUT2D eigenvalue weighted by Gasteiger charge is -2.14. The maximum atomic E-state index is 11.9. The van der Waals surface area contributed by atoms with Gasteiger partial charge in [0.05, 0.1) is 18.5 Å². The van der Waals surface area contributed by atoms with Crippen LogP contribution in [-0.2, 0) is 18.6 Å². The molecule has 1 aliphatic heterocycles. The number of hydrogen-bond acceptors (Lipinski definition) is 8. The van der Waals surface area contributed by atoms with Crippen LogP contribution in [0.4, 0.5) is 0 Å². The number of methoxy groups -OCH3 is 1. The smallest absolute Gasteiger partial charge is 0.469 e. The number of fused-ring (bicyclic) bond motifs is 3. The minimum absolute atomic E-state index is 0.0776. The number of hydrogen-bond donors (Lipinski definition) is 2. The van der Waals surface area contributed by atoms with Gasteiger partial charge in [0.2, 0.25) is 0 Å². The van der Waals surface area contributed by atoms with Gasteiger partial charge in [0.15, 0.2) is 11.0 Å².